The van der Waals surface area contributed by atoms with E-state index in [0.29, 0.717) is 28.2 Å². The minimum atomic E-state index is -1.09. The molecule has 6 nitrogen and oxygen atoms in total. The van der Waals surface area contributed by atoms with Gasteiger partial charge in [-0.3, -0.25) is 9.59 Å². The van der Waals surface area contributed by atoms with Crippen molar-refractivity contribution in [1.82, 2.24) is 10.2 Å². The maximum absolute atomic E-state index is 13.2. The standard InChI is InChI=1S/C22H26ClN3O3S/c1-14-12-26(2)9-7-15-3-4-16(11-17(14)15)24-21(28)22(8-10-29-13-22)25-20(27)18-5-6-19(23)30-18/h3-6,11,14H,7-10,12-13H2,1-2H3,(H,24,28)(H,25,27)/t14-,22-/m1/s1. The van der Waals surface area contributed by atoms with Crippen LogP contribution in [0.5, 0.6) is 0 Å². The van der Waals surface area contributed by atoms with Gasteiger partial charge < -0.3 is 20.3 Å². The van der Waals surface area contributed by atoms with E-state index in [1.165, 1.54) is 22.5 Å². The first-order valence-electron chi connectivity index (χ1n) is 10.1. The van der Waals surface area contributed by atoms with Gasteiger partial charge in [-0.05, 0) is 54.8 Å². The molecule has 0 unspecified atom stereocenters. The molecule has 4 rings (SSSR count). The van der Waals surface area contributed by atoms with Crippen LogP contribution in [-0.4, -0.2) is 55.6 Å². The summed E-state index contributed by atoms with van der Waals surface area (Å²) < 4.78 is 6.03. The lowest BCUT2D eigenvalue weighted by Gasteiger charge is -2.27. The van der Waals surface area contributed by atoms with E-state index >= 15 is 0 Å². The predicted molar refractivity (Wildman–Crippen MR) is 120 cm³/mol. The van der Waals surface area contributed by atoms with E-state index in [2.05, 4.69) is 41.6 Å². The van der Waals surface area contributed by atoms with Crippen molar-refractivity contribution in [3.05, 3.63) is 50.7 Å². The van der Waals surface area contributed by atoms with Crippen LogP contribution in [0, 0.1) is 0 Å². The molecule has 0 radical (unpaired) electrons. The van der Waals surface area contributed by atoms with Crippen LogP contribution in [0.25, 0.3) is 0 Å². The van der Waals surface area contributed by atoms with Crippen molar-refractivity contribution in [2.45, 2.75) is 31.2 Å². The lowest BCUT2D eigenvalue weighted by molar-refractivity contribution is -0.122. The average molecular weight is 448 g/mol. The van der Waals surface area contributed by atoms with Crippen LogP contribution >= 0.6 is 22.9 Å². The number of rotatable bonds is 4. The molecular formula is C22H26ClN3O3S. The number of nitrogens with one attached hydrogen (secondary N) is 2. The summed E-state index contributed by atoms with van der Waals surface area (Å²) in [4.78, 5) is 28.7. The molecule has 1 aromatic heterocycles. The van der Waals surface area contributed by atoms with Gasteiger partial charge in [-0.2, -0.15) is 0 Å². The second-order valence-electron chi connectivity index (χ2n) is 8.22. The van der Waals surface area contributed by atoms with Gasteiger partial charge >= 0.3 is 0 Å². The van der Waals surface area contributed by atoms with E-state index in [9.17, 15) is 9.59 Å². The summed E-state index contributed by atoms with van der Waals surface area (Å²) in [5, 5.41) is 5.92. The zero-order valence-electron chi connectivity index (χ0n) is 17.2. The number of carbonyl (C=O) groups is 2. The molecule has 1 fully saturated rings. The van der Waals surface area contributed by atoms with Gasteiger partial charge in [-0.15, -0.1) is 11.3 Å². The zero-order valence-corrected chi connectivity index (χ0v) is 18.7. The Bertz CT molecular complexity index is 955. The first-order chi connectivity index (χ1) is 14.4. The van der Waals surface area contributed by atoms with Gasteiger partial charge in [-0.1, -0.05) is 24.6 Å². The molecule has 160 valence electrons. The first kappa shape index (κ1) is 21.3. The minimum absolute atomic E-state index is 0.149. The van der Waals surface area contributed by atoms with Crippen molar-refractivity contribution in [2.24, 2.45) is 0 Å². The van der Waals surface area contributed by atoms with Crippen molar-refractivity contribution in [3.63, 3.8) is 0 Å². The Morgan fingerprint density at radius 2 is 2.13 bits per heavy atom. The highest BCUT2D eigenvalue weighted by Gasteiger charge is 2.44. The number of benzene rings is 1. The number of carbonyl (C=O) groups excluding carboxylic acids is 2. The number of ether oxygens (including phenoxy) is 1. The van der Waals surface area contributed by atoms with Crippen molar-refractivity contribution >= 4 is 40.4 Å². The summed E-state index contributed by atoms with van der Waals surface area (Å²) >= 11 is 7.14. The highest BCUT2D eigenvalue weighted by molar-refractivity contribution is 7.18. The molecule has 0 bridgehead atoms. The molecule has 0 saturated carbocycles. The second kappa shape index (κ2) is 8.67. The van der Waals surface area contributed by atoms with Gasteiger partial charge in [0, 0.05) is 31.8 Å². The van der Waals surface area contributed by atoms with Crippen molar-refractivity contribution in [1.29, 1.82) is 0 Å². The molecule has 2 atom stereocenters. The predicted octanol–water partition coefficient (Wildman–Crippen LogP) is 3.52. The van der Waals surface area contributed by atoms with E-state index < -0.39 is 5.54 Å². The van der Waals surface area contributed by atoms with Gasteiger partial charge in [0.25, 0.3) is 11.8 Å². The fourth-order valence-corrected chi connectivity index (χ4v) is 5.13. The fraction of sp³-hybridized carbons (Fsp3) is 0.455. The zero-order chi connectivity index (χ0) is 21.3. The van der Waals surface area contributed by atoms with Crippen LogP contribution in [0.3, 0.4) is 0 Å². The molecule has 1 aromatic carbocycles. The number of anilines is 1. The Morgan fingerprint density at radius 3 is 2.83 bits per heavy atom. The van der Waals surface area contributed by atoms with Crippen molar-refractivity contribution in [3.8, 4) is 0 Å². The number of halogens is 1. The summed E-state index contributed by atoms with van der Waals surface area (Å²) in [5.41, 5.74) is 2.25. The number of hydrogen-bond acceptors (Lipinski definition) is 5. The van der Waals surface area contributed by atoms with E-state index in [-0.39, 0.29) is 18.4 Å². The largest absolute Gasteiger partial charge is 0.378 e. The Kier molecular flexibility index (Phi) is 6.16. The molecule has 30 heavy (non-hydrogen) atoms. The van der Waals surface area contributed by atoms with Gasteiger partial charge in [0.1, 0.15) is 5.54 Å². The minimum Gasteiger partial charge on any atom is -0.378 e. The quantitative estimate of drug-likeness (QED) is 0.752. The van der Waals surface area contributed by atoms with Crippen LogP contribution in [0.2, 0.25) is 4.34 Å². The Hall–Kier alpha value is -1.93. The Balaban J connectivity index is 1.52. The third-order valence-corrected chi connectivity index (χ3v) is 7.12. The molecule has 3 heterocycles. The van der Waals surface area contributed by atoms with Crippen LogP contribution in [0.15, 0.2) is 30.3 Å². The summed E-state index contributed by atoms with van der Waals surface area (Å²) in [6.45, 7) is 4.80. The number of likely N-dealkylation sites (N-methyl/N-ethyl adjacent to an activating group) is 1. The molecule has 2 aliphatic rings. The van der Waals surface area contributed by atoms with Crippen molar-refractivity contribution in [2.75, 3.05) is 38.7 Å². The van der Waals surface area contributed by atoms with E-state index in [4.69, 9.17) is 16.3 Å². The van der Waals surface area contributed by atoms with Gasteiger partial charge in [0.05, 0.1) is 15.8 Å². The number of amides is 2. The molecule has 8 heteroatoms. The van der Waals surface area contributed by atoms with Crippen LogP contribution in [0.4, 0.5) is 5.69 Å². The number of nitrogens with zero attached hydrogens (tertiary/aromatic N) is 1. The van der Waals surface area contributed by atoms with Crippen LogP contribution in [-0.2, 0) is 16.0 Å². The monoisotopic (exact) mass is 447 g/mol. The second-order valence-corrected chi connectivity index (χ2v) is 9.94. The molecule has 0 spiro atoms. The maximum Gasteiger partial charge on any atom is 0.262 e. The van der Waals surface area contributed by atoms with Gasteiger partial charge in [0.2, 0.25) is 0 Å². The van der Waals surface area contributed by atoms with Gasteiger partial charge in [-0.25, -0.2) is 0 Å². The Morgan fingerprint density at radius 1 is 1.30 bits per heavy atom. The van der Waals surface area contributed by atoms with E-state index in [1.54, 1.807) is 12.1 Å². The van der Waals surface area contributed by atoms with Gasteiger partial charge in [0.15, 0.2) is 0 Å². The van der Waals surface area contributed by atoms with Crippen molar-refractivity contribution < 1.29 is 14.3 Å². The lowest BCUT2D eigenvalue weighted by atomic mass is 9.94. The number of hydrogen-bond donors (Lipinski definition) is 2. The third-order valence-electron chi connectivity index (χ3n) is 5.89. The highest BCUT2D eigenvalue weighted by atomic mass is 35.5. The average Bonchev–Trinajstić information content (AvgIpc) is 3.33. The van der Waals surface area contributed by atoms with E-state index in [1.807, 2.05) is 6.07 Å². The lowest BCUT2D eigenvalue weighted by Crippen LogP contribution is -2.57. The molecule has 0 aliphatic carbocycles. The van der Waals surface area contributed by atoms with E-state index in [0.717, 1.165) is 25.2 Å². The highest BCUT2D eigenvalue weighted by Crippen LogP contribution is 2.29. The SMILES string of the molecule is C[C@@H]1CN(C)CCc2ccc(NC(=O)[C@@]3(NC(=O)c4ccc(Cl)s4)CCOC3)cc21. The number of fused-ring (bicyclic) bond motifs is 1. The smallest absolute Gasteiger partial charge is 0.262 e. The molecule has 2 aromatic rings. The third kappa shape index (κ3) is 4.39. The Labute approximate surface area is 185 Å². The topological polar surface area (TPSA) is 70.7 Å². The van der Waals surface area contributed by atoms with Crippen LogP contribution < -0.4 is 10.6 Å². The van der Waals surface area contributed by atoms with Crippen LogP contribution in [0.1, 0.15) is 40.1 Å². The molecule has 1 saturated heterocycles. The summed E-state index contributed by atoms with van der Waals surface area (Å²) in [6, 6.07) is 9.45. The molecule has 2 amide bonds. The summed E-state index contributed by atoms with van der Waals surface area (Å²) in [7, 11) is 2.14. The molecular weight excluding hydrogens is 422 g/mol. The fourth-order valence-electron chi connectivity index (χ4n) is 4.19. The summed E-state index contributed by atoms with van der Waals surface area (Å²) in [6.07, 6.45) is 1.43. The molecule has 2 N–H and O–H groups in total. The normalized spacial score (nSPS) is 24.2. The maximum atomic E-state index is 13.2. The first-order valence-corrected chi connectivity index (χ1v) is 11.3. The number of thiophene rings is 1. The summed E-state index contributed by atoms with van der Waals surface area (Å²) in [5.74, 6) is -0.183. The molecule has 2 aliphatic heterocycles.